The van der Waals surface area contributed by atoms with E-state index in [0.29, 0.717) is 6.04 Å². The maximum absolute atomic E-state index is 9.05. The molecule has 1 N–H and O–H groups in total. The second-order valence-electron chi connectivity index (χ2n) is 5.15. The SMILES string of the molecule is COc1cccc(N2CCCC(N(C)CCO)C2)c1. The van der Waals surface area contributed by atoms with E-state index in [2.05, 4.69) is 29.0 Å². The molecule has 0 saturated carbocycles. The fourth-order valence-corrected chi connectivity index (χ4v) is 2.70. The number of rotatable bonds is 5. The zero-order chi connectivity index (χ0) is 13.7. The Morgan fingerprint density at radius 3 is 3.05 bits per heavy atom. The Bertz CT molecular complexity index is 397. The number of anilines is 1. The lowest BCUT2D eigenvalue weighted by Crippen LogP contribution is -2.47. The highest BCUT2D eigenvalue weighted by molar-refractivity contribution is 5.51. The highest BCUT2D eigenvalue weighted by Crippen LogP contribution is 2.25. The zero-order valence-electron chi connectivity index (χ0n) is 11.9. The number of hydrogen-bond acceptors (Lipinski definition) is 4. The average Bonchev–Trinajstić information content (AvgIpc) is 2.48. The molecule has 1 heterocycles. The quantitative estimate of drug-likeness (QED) is 0.876. The summed E-state index contributed by atoms with van der Waals surface area (Å²) >= 11 is 0. The molecular weight excluding hydrogens is 240 g/mol. The van der Waals surface area contributed by atoms with E-state index < -0.39 is 0 Å². The van der Waals surface area contributed by atoms with Crippen LogP contribution in [0.15, 0.2) is 24.3 Å². The summed E-state index contributed by atoms with van der Waals surface area (Å²) in [6, 6.07) is 8.76. The van der Waals surface area contributed by atoms with Gasteiger partial charge in [-0.1, -0.05) is 6.07 Å². The van der Waals surface area contributed by atoms with Crippen LogP contribution in [0.5, 0.6) is 5.75 Å². The summed E-state index contributed by atoms with van der Waals surface area (Å²) in [5, 5.41) is 9.05. The van der Waals surface area contributed by atoms with E-state index in [0.717, 1.165) is 25.4 Å². The molecule has 106 valence electrons. The van der Waals surface area contributed by atoms with Crippen molar-refractivity contribution in [3.8, 4) is 5.75 Å². The standard InChI is InChI=1S/C15H24N2O2/c1-16(9-10-18)14-6-4-8-17(12-14)13-5-3-7-15(11-13)19-2/h3,5,7,11,14,18H,4,6,8-10,12H2,1-2H3. The van der Waals surface area contributed by atoms with Crippen LogP contribution in [0.3, 0.4) is 0 Å². The first-order valence-electron chi connectivity index (χ1n) is 6.94. The number of benzene rings is 1. The minimum absolute atomic E-state index is 0.228. The van der Waals surface area contributed by atoms with Gasteiger partial charge in [0.15, 0.2) is 0 Å². The van der Waals surface area contributed by atoms with E-state index in [-0.39, 0.29) is 6.61 Å². The third-order valence-electron chi connectivity index (χ3n) is 3.89. The normalized spacial score (nSPS) is 19.8. The summed E-state index contributed by atoms with van der Waals surface area (Å²) in [6.07, 6.45) is 2.40. The molecule has 0 bridgehead atoms. The Balaban J connectivity index is 2.03. The van der Waals surface area contributed by atoms with Crippen molar-refractivity contribution in [1.82, 2.24) is 4.90 Å². The maximum Gasteiger partial charge on any atom is 0.120 e. The van der Waals surface area contributed by atoms with E-state index in [1.54, 1.807) is 7.11 Å². The van der Waals surface area contributed by atoms with Crippen LogP contribution in [0, 0.1) is 0 Å². The van der Waals surface area contributed by atoms with Crippen molar-refractivity contribution in [1.29, 1.82) is 0 Å². The molecule has 4 heteroatoms. The van der Waals surface area contributed by atoms with Gasteiger partial charge in [-0.25, -0.2) is 0 Å². The average molecular weight is 264 g/mol. The first-order valence-corrected chi connectivity index (χ1v) is 6.94. The van der Waals surface area contributed by atoms with Crippen molar-refractivity contribution in [2.45, 2.75) is 18.9 Å². The smallest absolute Gasteiger partial charge is 0.120 e. The molecule has 0 amide bonds. The lowest BCUT2D eigenvalue weighted by Gasteiger charge is -2.38. The summed E-state index contributed by atoms with van der Waals surface area (Å²) in [7, 11) is 3.79. The third kappa shape index (κ3) is 3.61. The number of piperidine rings is 1. The summed E-state index contributed by atoms with van der Waals surface area (Å²) < 4.78 is 5.29. The Morgan fingerprint density at radius 2 is 2.32 bits per heavy atom. The predicted octanol–water partition coefficient (Wildman–Crippen LogP) is 1.59. The number of nitrogens with zero attached hydrogens (tertiary/aromatic N) is 2. The minimum Gasteiger partial charge on any atom is -0.497 e. The van der Waals surface area contributed by atoms with E-state index in [1.807, 2.05) is 12.1 Å². The molecule has 1 saturated heterocycles. The lowest BCUT2D eigenvalue weighted by molar-refractivity contribution is 0.166. The molecule has 0 radical (unpaired) electrons. The lowest BCUT2D eigenvalue weighted by atomic mass is 10.0. The van der Waals surface area contributed by atoms with E-state index >= 15 is 0 Å². The first kappa shape index (κ1) is 14.2. The number of hydrogen-bond donors (Lipinski definition) is 1. The van der Waals surface area contributed by atoms with Crippen molar-refractivity contribution in [3.63, 3.8) is 0 Å². The Hall–Kier alpha value is -1.26. The monoisotopic (exact) mass is 264 g/mol. The molecule has 1 fully saturated rings. The van der Waals surface area contributed by atoms with Crippen molar-refractivity contribution in [3.05, 3.63) is 24.3 Å². The highest BCUT2D eigenvalue weighted by atomic mass is 16.5. The minimum atomic E-state index is 0.228. The van der Waals surface area contributed by atoms with Crippen LogP contribution in [0.25, 0.3) is 0 Å². The van der Waals surface area contributed by atoms with Crippen LogP contribution >= 0.6 is 0 Å². The molecule has 1 atom stereocenters. The van der Waals surface area contributed by atoms with Crippen molar-refractivity contribution < 1.29 is 9.84 Å². The van der Waals surface area contributed by atoms with Gasteiger partial charge < -0.3 is 14.7 Å². The highest BCUT2D eigenvalue weighted by Gasteiger charge is 2.23. The van der Waals surface area contributed by atoms with Gasteiger partial charge in [0.25, 0.3) is 0 Å². The van der Waals surface area contributed by atoms with Gasteiger partial charge in [0.1, 0.15) is 5.75 Å². The fourth-order valence-electron chi connectivity index (χ4n) is 2.70. The van der Waals surface area contributed by atoms with Gasteiger partial charge >= 0.3 is 0 Å². The van der Waals surface area contributed by atoms with E-state index in [4.69, 9.17) is 9.84 Å². The van der Waals surface area contributed by atoms with Gasteiger partial charge in [0, 0.05) is 37.4 Å². The van der Waals surface area contributed by atoms with Crippen LogP contribution in [-0.4, -0.2) is 56.4 Å². The molecule has 1 aliphatic heterocycles. The van der Waals surface area contributed by atoms with Gasteiger partial charge in [-0.15, -0.1) is 0 Å². The summed E-state index contributed by atoms with van der Waals surface area (Å²) in [5.41, 5.74) is 1.22. The Kier molecular flexibility index (Phi) is 5.05. The third-order valence-corrected chi connectivity index (χ3v) is 3.89. The van der Waals surface area contributed by atoms with E-state index in [1.165, 1.54) is 18.5 Å². The molecular formula is C15H24N2O2. The predicted molar refractivity (Wildman–Crippen MR) is 77.9 cm³/mol. The van der Waals surface area contributed by atoms with Crippen molar-refractivity contribution in [2.75, 3.05) is 45.3 Å². The topological polar surface area (TPSA) is 35.9 Å². The summed E-state index contributed by atoms with van der Waals surface area (Å²) in [6.45, 7) is 3.09. The molecule has 4 nitrogen and oxygen atoms in total. The second kappa shape index (κ2) is 6.78. The largest absolute Gasteiger partial charge is 0.497 e. The summed E-state index contributed by atoms with van der Waals surface area (Å²) in [5.74, 6) is 0.906. The van der Waals surface area contributed by atoms with Crippen molar-refractivity contribution in [2.24, 2.45) is 0 Å². The Labute approximate surface area is 115 Å². The van der Waals surface area contributed by atoms with Gasteiger partial charge in [0.2, 0.25) is 0 Å². The molecule has 1 aromatic carbocycles. The van der Waals surface area contributed by atoms with Crippen LogP contribution in [0.4, 0.5) is 5.69 Å². The number of likely N-dealkylation sites (N-methyl/N-ethyl adjacent to an activating group) is 1. The number of methoxy groups -OCH3 is 1. The van der Waals surface area contributed by atoms with Crippen LogP contribution in [0.1, 0.15) is 12.8 Å². The van der Waals surface area contributed by atoms with Gasteiger partial charge in [-0.05, 0) is 32.0 Å². The first-order chi connectivity index (χ1) is 9.24. The van der Waals surface area contributed by atoms with E-state index in [9.17, 15) is 0 Å². The Morgan fingerprint density at radius 1 is 1.47 bits per heavy atom. The zero-order valence-corrected chi connectivity index (χ0v) is 11.9. The number of ether oxygens (including phenoxy) is 1. The molecule has 0 aromatic heterocycles. The van der Waals surface area contributed by atoms with Gasteiger partial charge in [0.05, 0.1) is 13.7 Å². The van der Waals surface area contributed by atoms with Crippen LogP contribution in [-0.2, 0) is 0 Å². The van der Waals surface area contributed by atoms with Gasteiger partial charge in [-0.2, -0.15) is 0 Å². The maximum atomic E-state index is 9.05. The van der Waals surface area contributed by atoms with Crippen LogP contribution in [0.2, 0.25) is 0 Å². The fraction of sp³-hybridized carbons (Fsp3) is 0.600. The van der Waals surface area contributed by atoms with Crippen LogP contribution < -0.4 is 9.64 Å². The summed E-state index contributed by atoms with van der Waals surface area (Å²) in [4.78, 5) is 4.66. The number of aliphatic hydroxyl groups is 1. The molecule has 1 aliphatic rings. The molecule has 19 heavy (non-hydrogen) atoms. The molecule has 1 unspecified atom stereocenters. The van der Waals surface area contributed by atoms with Gasteiger partial charge in [-0.3, -0.25) is 4.90 Å². The molecule has 0 aliphatic carbocycles. The molecule has 1 aromatic rings. The second-order valence-corrected chi connectivity index (χ2v) is 5.15. The van der Waals surface area contributed by atoms with Crippen molar-refractivity contribution >= 4 is 5.69 Å². The number of aliphatic hydroxyl groups excluding tert-OH is 1. The molecule has 2 rings (SSSR count). The molecule has 0 spiro atoms.